The summed E-state index contributed by atoms with van der Waals surface area (Å²) in [6.45, 7) is 0. The SMILES string of the molecule is N#Cc1ncccc1S(=O)(=O)Nc1cc(Cl)ccc1F. The lowest BCUT2D eigenvalue weighted by atomic mass is 10.3. The lowest BCUT2D eigenvalue weighted by Crippen LogP contribution is -2.15. The predicted octanol–water partition coefficient (Wildman–Crippen LogP) is 2.55. The number of aromatic nitrogens is 1. The second kappa shape index (κ2) is 5.45. The highest BCUT2D eigenvalue weighted by Crippen LogP contribution is 2.23. The number of sulfonamides is 1. The van der Waals surface area contributed by atoms with E-state index in [0.717, 1.165) is 12.1 Å². The van der Waals surface area contributed by atoms with Gasteiger partial charge in [0.25, 0.3) is 10.0 Å². The third-order valence-electron chi connectivity index (χ3n) is 2.34. The molecule has 1 aromatic heterocycles. The van der Waals surface area contributed by atoms with E-state index in [4.69, 9.17) is 16.9 Å². The van der Waals surface area contributed by atoms with Crippen LogP contribution < -0.4 is 4.72 Å². The number of nitrogens with zero attached hydrogens (tertiary/aromatic N) is 2. The molecule has 0 bridgehead atoms. The molecule has 0 aliphatic heterocycles. The Morgan fingerprint density at radius 3 is 2.80 bits per heavy atom. The van der Waals surface area contributed by atoms with E-state index in [1.807, 2.05) is 4.72 Å². The zero-order chi connectivity index (χ0) is 14.8. The Morgan fingerprint density at radius 1 is 1.35 bits per heavy atom. The van der Waals surface area contributed by atoms with Gasteiger partial charge >= 0.3 is 0 Å². The van der Waals surface area contributed by atoms with Crippen LogP contribution >= 0.6 is 11.6 Å². The first-order chi connectivity index (χ1) is 9.44. The molecular formula is C12H7ClFN3O2S. The van der Waals surface area contributed by atoms with Crippen molar-refractivity contribution in [3.63, 3.8) is 0 Å². The molecule has 0 saturated carbocycles. The first-order valence-electron chi connectivity index (χ1n) is 5.27. The smallest absolute Gasteiger partial charge is 0.264 e. The fourth-order valence-corrected chi connectivity index (χ4v) is 2.81. The van der Waals surface area contributed by atoms with Crippen LogP contribution in [0.1, 0.15) is 5.69 Å². The number of rotatable bonds is 3. The summed E-state index contributed by atoms with van der Waals surface area (Å²) in [7, 11) is -4.13. The van der Waals surface area contributed by atoms with Crippen LogP contribution in [0, 0.1) is 17.1 Å². The Bertz CT molecular complexity index is 803. The van der Waals surface area contributed by atoms with Crippen LogP contribution in [-0.4, -0.2) is 13.4 Å². The van der Waals surface area contributed by atoms with Crippen molar-refractivity contribution in [1.82, 2.24) is 4.98 Å². The van der Waals surface area contributed by atoms with E-state index in [1.165, 1.54) is 24.4 Å². The second-order valence-electron chi connectivity index (χ2n) is 3.69. The lowest BCUT2D eigenvalue weighted by molar-refractivity contribution is 0.598. The fourth-order valence-electron chi connectivity index (χ4n) is 1.47. The Balaban J connectivity index is 2.47. The zero-order valence-corrected chi connectivity index (χ0v) is 11.4. The summed E-state index contributed by atoms with van der Waals surface area (Å²) in [6, 6.07) is 7.70. The zero-order valence-electron chi connectivity index (χ0n) is 9.84. The Kier molecular flexibility index (Phi) is 3.88. The molecule has 1 aromatic carbocycles. The summed E-state index contributed by atoms with van der Waals surface area (Å²) >= 11 is 5.68. The molecule has 0 amide bonds. The Labute approximate surface area is 119 Å². The molecule has 0 fully saturated rings. The van der Waals surface area contributed by atoms with E-state index in [0.29, 0.717) is 0 Å². The molecule has 0 atom stereocenters. The van der Waals surface area contributed by atoms with Crippen LogP contribution in [-0.2, 0) is 10.0 Å². The van der Waals surface area contributed by atoms with Gasteiger partial charge in [0.1, 0.15) is 16.8 Å². The van der Waals surface area contributed by atoms with E-state index in [2.05, 4.69) is 4.98 Å². The van der Waals surface area contributed by atoms with E-state index in [9.17, 15) is 12.8 Å². The fraction of sp³-hybridized carbons (Fsp3) is 0. The number of pyridine rings is 1. The van der Waals surface area contributed by atoms with Gasteiger partial charge in [-0.3, -0.25) is 4.72 Å². The first-order valence-corrected chi connectivity index (χ1v) is 7.13. The van der Waals surface area contributed by atoms with Crippen LogP contribution in [0.5, 0.6) is 0 Å². The summed E-state index contributed by atoms with van der Waals surface area (Å²) in [6.07, 6.45) is 1.29. The number of nitrogens with one attached hydrogen (secondary N) is 1. The number of hydrogen-bond acceptors (Lipinski definition) is 4. The molecule has 102 valence electrons. The monoisotopic (exact) mass is 311 g/mol. The molecule has 2 aromatic rings. The van der Waals surface area contributed by atoms with Crippen molar-refractivity contribution >= 4 is 27.3 Å². The summed E-state index contributed by atoms with van der Waals surface area (Å²) in [4.78, 5) is 3.31. The summed E-state index contributed by atoms with van der Waals surface area (Å²) in [5.74, 6) is -0.777. The van der Waals surface area contributed by atoms with Crippen molar-refractivity contribution in [2.24, 2.45) is 0 Å². The van der Waals surface area contributed by atoms with Crippen molar-refractivity contribution in [3.8, 4) is 6.07 Å². The van der Waals surface area contributed by atoms with E-state index in [-0.39, 0.29) is 21.3 Å². The van der Waals surface area contributed by atoms with Crippen LogP contribution in [0.2, 0.25) is 5.02 Å². The van der Waals surface area contributed by atoms with Gasteiger partial charge in [-0.05, 0) is 30.3 Å². The van der Waals surface area contributed by atoms with Gasteiger partial charge in [0.15, 0.2) is 5.69 Å². The molecule has 0 aliphatic carbocycles. The Hall–Kier alpha value is -2.17. The molecular weight excluding hydrogens is 305 g/mol. The lowest BCUT2D eigenvalue weighted by Gasteiger charge is -2.09. The molecule has 8 heteroatoms. The van der Waals surface area contributed by atoms with Gasteiger partial charge < -0.3 is 0 Å². The van der Waals surface area contributed by atoms with E-state index >= 15 is 0 Å². The van der Waals surface area contributed by atoms with Gasteiger partial charge in [-0.1, -0.05) is 11.6 Å². The van der Waals surface area contributed by atoms with Crippen LogP contribution in [0.4, 0.5) is 10.1 Å². The average Bonchev–Trinajstić information content (AvgIpc) is 2.42. The first kappa shape index (κ1) is 14.2. The minimum absolute atomic E-state index is 0.177. The van der Waals surface area contributed by atoms with Gasteiger partial charge in [0, 0.05) is 11.2 Å². The van der Waals surface area contributed by atoms with Crippen molar-refractivity contribution in [2.75, 3.05) is 4.72 Å². The minimum Gasteiger partial charge on any atom is -0.277 e. The molecule has 5 nitrogen and oxygen atoms in total. The number of halogens is 2. The topological polar surface area (TPSA) is 82.8 Å². The van der Waals surface area contributed by atoms with Gasteiger partial charge in [-0.15, -0.1) is 0 Å². The predicted molar refractivity (Wildman–Crippen MR) is 71.2 cm³/mol. The maximum absolute atomic E-state index is 13.5. The number of anilines is 1. The second-order valence-corrected chi connectivity index (χ2v) is 5.78. The average molecular weight is 312 g/mol. The summed E-state index contributed by atoms with van der Waals surface area (Å²) in [5, 5.41) is 9.02. The quantitative estimate of drug-likeness (QED) is 0.944. The standard InChI is InChI=1S/C12H7ClFN3O2S/c13-8-3-4-9(14)10(6-8)17-20(18,19)12-2-1-5-16-11(12)7-15/h1-6,17H. The molecule has 1 N–H and O–H groups in total. The number of benzene rings is 1. The van der Waals surface area contributed by atoms with Crippen molar-refractivity contribution in [2.45, 2.75) is 4.90 Å². The molecule has 1 heterocycles. The Morgan fingerprint density at radius 2 is 2.10 bits per heavy atom. The molecule has 0 saturated heterocycles. The highest BCUT2D eigenvalue weighted by molar-refractivity contribution is 7.92. The highest BCUT2D eigenvalue weighted by Gasteiger charge is 2.20. The van der Waals surface area contributed by atoms with Crippen molar-refractivity contribution in [3.05, 3.63) is 53.1 Å². The van der Waals surface area contributed by atoms with E-state index in [1.54, 1.807) is 6.07 Å². The van der Waals surface area contributed by atoms with Crippen molar-refractivity contribution in [1.29, 1.82) is 5.26 Å². The van der Waals surface area contributed by atoms with Gasteiger partial charge in [0.2, 0.25) is 0 Å². The highest BCUT2D eigenvalue weighted by atomic mass is 35.5. The van der Waals surface area contributed by atoms with Crippen LogP contribution in [0.3, 0.4) is 0 Å². The summed E-state index contributed by atoms with van der Waals surface area (Å²) < 4.78 is 39.8. The summed E-state index contributed by atoms with van der Waals surface area (Å²) in [5.41, 5.74) is -0.576. The van der Waals surface area contributed by atoms with E-state index < -0.39 is 15.8 Å². The third-order valence-corrected chi connectivity index (χ3v) is 3.97. The molecule has 0 unspecified atom stereocenters. The third kappa shape index (κ3) is 2.87. The van der Waals surface area contributed by atoms with Crippen molar-refractivity contribution < 1.29 is 12.8 Å². The number of nitriles is 1. The van der Waals surface area contributed by atoms with Crippen LogP contribution in [0.25, 0.3) is 0 Å². The molecule has 0 aliphatic rings. The number of hydrogen-bond donors (Lipinski definition) is 1. The maximum Gasteiger partial charge on any atom is 0.264 e. The molecule has 0 radical (unpaired) electrons. The molecule has 0 spiro atoms. The maximum atomic E-state index is 13.5. The molecule has 2 rings (SSSR count). The normalized spacial score (nSPS) is 10.8. The minimum atomic E-state index is -4.13. The van der Waals surface area contributed by atoms with Gasteiger partial charge in [0.05, 0.1) is 5.69 Å². The van der Waals surface area contributed by atoms with Gasteiger partial charge in [-0.2, -0.15) is 5.26 Å². The molecule has 20 heavy (non-hydrogen) atoms. The van der Waals surface area contributed by atoms with Crippen LogP contribution in [0.15, 0.2) is 41.4 Å². The van der Waals surface area contributed by atoms with Gasteiger partial charge in [-0.25, -0.2) is 17.8 Å². The largest absolute Gasteiger partial charge is 0.277 e.